The first-order valence-electron chi connectivity index (χ1n) is 5.12. The summed E-state index contributed by atoms with van der Waals surface area (Å²) in [6.07, 6.45) is 1.05. The predicted octanol–water partition coefficient (Wildman–Crippen LogP) is 2.37. The van der Waals surface area contributed by atoms with Crippen molar-refractivity contribution in [1.82, 2.24) is 5.32 Å². The van der Waals surface area contributed by atoms with E-state index in [1.165, 1.54) is 4.90 Å². The molecule has 0 aliphatic rings. The molecule has 15 heavy (non-hydrogen) atoms. The number of rotatable bonds is 7. The van der Waals surface area contributed by atoms with Crippen molar-refractivity contribution < 1.29 is 0 Å². The van der Waals surface area contributed by atoms with Crippen LogP contribution in [-0.4, -0.2) is 25.4 Å². The molecule has 4 heteroatoms. The zero-order chi connectivity index (χ0) is 10.9. The van der Waals surface area contributed by atoms with Gasteiger partial charge in [0.2, 0.25) is 0 Å². The molecule has 0 unspecified atom stereocenters. The number of benzene rings is 1. The average molecular weight is 245 g/mol. The van der Waals surface area contributed by atoms with Gasteiger partial charge in [-0.15, -0.1) is 11.8 Å². The fourth-order valence-electron chi connectivity index (χ4n) is 1.12. The summed E-state index contributed by atoms with van der Waals surface area (Å²) in [5.41, 5.74) is 5.39. The summed E-state index contributed by atoms with van der Waals surface area (Å²) in [6, 6.07) is 7.94. The van der Waals surface area contributed by atoms with E-state index in [9.17, 15) is 0 Å². The minimum absolute atomic E-state index is 0.761. The van der Waals surface area contributed by atoms with Crippen LogP contribution in [0.3, 0.4) is 0 Å². The van der Waals surface area contributed by atoms with Crippen LogP contribution in [-0.2, 0) is 0 Å². The minimum atomic E-state index is 0.761. The second-order valence-corrected chi connectivity index (χ2v) is 4.80. The van der Waals surface area contributed by atoms with Crippen molar-refractivity contribution in [2.75, 3.05) is 25.4 Å². The fraction of sp³-hybridized carbons (Fsp3) is 0.455. The van der Waals surface area contributed by atoms with E-state index in [0.717, 1.165) is 36.8 Å². The Balaban J connectivity index is 2.07. The topological polar surface area (TPSA) is 38.0 Å². The highest BCUT2D eigenvalue weighted by Crippen LogP contribution is 2.19. The smallest absolute Gasteiger partial charge is 0.0406 e. The van der Waals surface area contributed by atoms with Crippen molar-refractivity contribution in [3.8, 4) is 0 Å². The Labute approximate surface area is 101 Å². The van der Waals surface area contributed by atoms with Gasteiger partial charge in [0, 0.05) is 22.2 Å². The molecule has 0 aliphatic carbocycles. The van der Waals surface area contributed by atoms with E-state index in [1.54, 1.807) is 0 Å². The van der Waals surface area contributed by atoms with E-state index in [2.05, 4.69) is 5.32 Å². The number of halogens is 1. The molecule has 0 amide bonds. The Kier molecular flexibility index (Phi) is 6.85. The van der Waals surface area contributed by atoms with Gasteiger partial charge in [-0.1, -0.05) is 11.6 Å². The predicted molar refractivity (Wildman–Crippen MR) is 68.7 cm³/mol. The third kappa shape index (κ3) is 6.05. The van der Waals surface area contributed by atoms with Crippen molar-refractivity contribution in [1.29, 1.82) is 0 Å². The third-order valence-corrected chi connectivity index (χ3v) is 3.18. The van der Waals surface area contributed by atoms with Gasteiger partial charge >= 0.3 is 0 Å². The van der Waals surface area contributed by atoms with Crippen LogP contribution >= 0.6 is 23.4 Å². The Morgan fingerprint density at radius 1 is 1.20 bits per heavy atom. The van der Waals surface area contributed by atoms with E-state index < -0.39 is 0 Å². The minimum Gasteiger partial charge on any atom is -0.330 e. The normalized spacial score (nSPS) is 10.5. The van der Waals surface area contributed by atoms with E-state index >= 15 is 0 Å². The summed E-state index contributed by atoms with van der Waals surface area (Å²) >= 11 is 7.63. The van der Waals surface area contributed by atoms with Gasteiger partial charge in [-0.2, -0.15) is 0 Å². The highest BCUT2D eigenvalue weighted by molar-refractivity contribution is 7.99. The first-order chi connectivity index (χ1) is 7.33. The molecular formula is C11H17ClN2S. The summed E-state index contributed by atoms with van der Waals surface area (Å²) in [6.45, 7) is 2.79. The summed E-state index contributed by atoms with van der Waals surface area (Å²) in [4.78, 5) is 1.26. The maximum Gasteiger partial charge on any atom is 0.0406 e. The monoisotopic (exact) mass is 244 g/mol. The van der Waals surface area contributed by atoms with Gasteiger partial charge in [-0.05, 0) is 43.8 Å². The molecule has 0 saturated carbocycles. The number of thioether (sulfide) groups is 1. The molecule has 0 saturated heterocycles. The molecule has 0 spiro atoms. The lowest BCUT2D eigenvalue weighted by Gasteiger charge is -2.03. The van der Waals surface area contributed by atoms with Crippen molar-refractivity contribution in [2.24, 2.45) is 5.73 Å². The number of nitrogens with one attached hydrogen (secondary N) is 1. The van der Waals surface area contributed by atoms with E-state index in [0.29, 0.717) is 0 Å². The van der Waals surface area contributed by atoms with Crippen LogP contribution in [0.5, 0.6) is 0 Å². The maximum atomic E-state index is 5.80. The molecule has 0 heterocycles. The zero-order valence-electron chi connectivity index (χ0n) is 8.71. The van der Waals surface area contributed by atoms with Crippen molar-refractivity contribution in [2.45, 2.75) is 11.3 Å². The molecule has 0 bridgehead atoms. The fourth-order valence-corrected chi connectivity index (χ4v) is 2.06. The lowest BCUT2D eigenvalue weighted by atomic mass is 10.4. The van der Waals surface area contributed by atoms with Crippen LogP contribution in [0.2, 0.25) is 5.02 Å². The Morgan fingerprint density at radius 2 is 1.93 bits per heavy atom. The lowest BCUT2D eigenvalue weighted by Crippen LogP contribution is -2.20. The highest BCUT2D eigenvalue weighted by atomic mass is 35.5. The van der Waals surface area contributed by atoms with Gasteiger partial charge in [-0.3, -0.25) is 0 Å². The first kappa shape index (κ1) is 12.8. The molecule has 3 N–H and O–H groups in total. The summed E-state index contributed by atoms with van der Waals surface area (Å²) in [7, 11) is 0. The zero-order valence-corrected chi connectivity index (χ0v) is 10.3. The molecule has 1 aromatic carbocycles. The molecule has 0 aliphatic heterocycles. The van der Waals surface area contributed by atoms with E-state index in [-0.39, 0.29) is 0 Å². The Hall–Kier alpha value is -0.220. The molecule has 0 fully saturated rings. The van der Waals surface area contributed by atoms with Gasteiger partial charge in [0.25, 0.3) is 0 Å². The van der Waals surface area contributed by atoms with Gasteiger partial charge < -0.3 is 11.1 Å². The van der Waals surface area contributed by atoms with Crippen molar-refractivity contribution in [3.05, 3.63) is 29.3 Å². The van der Waals surface area contributed by atoms with Crippen LogP contribution in [0.25, 0.3) is 0 Å². The van der Waals surface area contributed by atoms with Crippen LogP contribution in [0, 0.1) is 0 Å². The summed E-state index contributed by atoms with van der Waals surface area (Å²) in [5, 5.41) is 4.13. The van der Waals surface area contributed by atoms with Gasteiger partial charge in [0.15, 0.2) is 0 Å². The molecule has 1 aromatic rings. The largest absolute Gasteiger partial charge is 0.330 e. The molecule has 0 atom stereocenters. The average Bonchev–Trinajstić information content (AvgIpc) is 2.26. The quantitative estimate of drug-likeness (QED) is 0.571. The Morgan fingerprint density at radius 3 is 2.60 bits per heavy atom. The molecule has 0 radical (unpaired) electrons. The standard InChI is InChI=1S/C11H17ClN2S/c12-10-2-4-11(5-3-10)15-9-8-14-7-1-6-13/h2-5,14H,1,6-9,13H2. The van der Waals surface area contributed by atoms with Crippen molar-refractivity contribution in [3.63, 3.8) is 0 Å². The molecule has 84 valence electrons. The van der Waals surface area contributed by atoms with Crippen LogP contribution in [0.15, 0.2) is 29.2 Å². The van der Waals surface area contributed by atoms with Crippen LogP contribution in [0.4, 0.5) is 0 Å². The van der Waals surface area contributed by atoms with Crippen LogP contribution < -0.4 is 11.1 Å². The third-order valence-electron chi connectivity index (χ3n) is 1.92. The number of hydrogen-bond donors (Lipinski definition) is 2. The Bertz CT molecular complexity index is 264. The SMILES string of the molecule is NCCCNCCSc1ccc(Cl)cc1. The van der Waals surface area contributed by atoms with Gasteiger partial charge in [0.05, 0.1) is 0 Å². The molecule has 2 nitrogen and oxygen atoms in total. The summed E-state index contributed by atoms with van der Waals surface area (Å²) < 4.78 is 0. The number of nitrogens with two attached hydrogens (primary N) is 1. The molecule has 1 rings (SSSR count). The van der Waals surface area contributed by atoms with Gasteiger partial charge in [-0.25, -0.2) is 0 Å². The highest BCUT2D eigenvalue weighted by Gasteiger charge is 1.93. The first-order valence-corrected chi connectivity index (χ1v) is 6.48. The molecular weight excluding hydrogens is 228 g/mol. The van der Waals surface area contributed by atoms with E-state index in [1.807, 2.05) is 36.0 Å². The van der Waals surface area contributed by atoms with Crippen molar-refractivity contribution >= 4 is 23.4 Å². The lowest BCUT2D eigenvalue weighted by molar-refractivity contribution is 0.683. The second kappa shape index (κ2) is 7.99. The second-order valence-electron chi connectivity index (χ2n) is 3.19. The van der Waals surface area contributed by atoms with Crippen LogP contribution in [0.1, 0.15) is 6.42 Å². The summed E-state index contributed by atoms with van der Waals surface area (Å²) in [5.74, 6) is 1.08. The molecule has 0 aromatic heterocycles. The van der Waals surface area contributed by atoms with E-state index in [4.69, 9.17) is 17.3 Å². The number of hydrogen-bond acceptors (Lipinski definition) is 3. The maximum absolute atomic E-state index is 5.80. The van der Waals surface area contributed by atoms with Gasteiger partial charge in [0.1, 0.15) is 0 Å².